The largest absolute Gasteiger partial charge is 0.497 e. The second-order valence-corrected chi connectivity index (χ2v) is 6.97. The van der Waals surface area contributed by atoms with Crippen molar-refractivity contribution in [3.8, 4) is 5.75 Å². The van der Waals surface area contributed by atoms with Crippen molar-refractivity contribution >= 4 is 35.8 Å². The summed E-state index contributed by atoms with van der Waals surface area (Å²) in [6.07, 6.45) is 3.11. The molecule has 0 saturated heterocycles. The molecule has 8 nitrogen and oxygen atoms in total. The topological polar surface area (TPSA) is 108 Å². The number of hydrogen-bond donors (Lipinski definition) is 2. The Morgan fingerprint density at radius 3 is 2.90 bits per heavy atom. The predicted molar refractivity (Wildman–Crippen MR) is 111 cm³/mol. The van der Waals surface area contributed by atoms with E-state index < -0.39 is 11.9 Å². The fraction of sp³-hybridized carbons (Fsp3) is 0.182. The molecule has 0 aliphatic carbocycles. The molecule has 2 heterocycles. The molecule has 0 bridgehead atoms. The monoisotopic (exact) mass is 405 g/mol. The van der Waals surface area contributed by atoms with E-state index in [2.05, 4.69) is 10.3 Å². The standard InChI is InChI=1S/C22H19N3O5/c1-30-15-4-2-3-13(7-15)11-25-16-6-5-14(8-19(28)29)22(24-12-26)21(16)20-17(25)9-23-10-18(20)27/h2-7,9-10,12,20H,8,11H2,1H3,(H,24,26)(H,28,29). The minimum absolute atomic E-state index is 0.219. The molecule has 2 aliphatic heterocycles. The number of carboxylic acids is 1. The second kappa shape index (κ2) is 7.82. The van der Waals surface area contributed by atoms with Gasteiger partial charge in [0.25, 0.3) is 0 Å². The van der Waals surface area contributed by atoms with E-state index in [-0.39, 0.29) is 12.2 Å². The highest BCUT2D eigenvalue weighted by Gasteiger charge is 2.41. The number of hydrogen-bond acceptors (Lipinski definition) is 6. The van der Waals surface area contributed by atoms with Gasteiger partial charge >= 0.3 is 5.97 Å². The van der Waals surface area contributed by atoms with Crippen LogP contribution in [-0.2, 0) is 27.3 Å². The number of Topliss-reactive ketones (excluding diaryl/α,β-unsaturated/α-hetero) is 1. The number of aliphatic imine (C=N–C) groups is 1. The highest BCUT2D eigenvalue weighted by molar-refractivity contribution is 6.33. The van der Waals surface area contributed by atoms with Crippen LogP contribution in [0.25, 0.3) is 0 Å². The minimum atomic E-state index is -1.03. The van der Waals surface area contributed by atoms with Crippen molar-refractivity contribution in [2.45, 2.75) is 18.9 Å². The van der Waals surface area contributed by atoms with Gasteiger partial charge in [0.2, 0.25) is 6.41 Å². The molecule has 2 aromatic carbocycles. The van der Waals surface area contributed by atoms with Crippen LogP contribution in [0.2, 0.25) is 0 Å². The molecule has 2 aliphatic rings. The molecule has 1 amide bonds. The average molecular weight is 405 g/mol. The summed E-state index contributed by atoms with van der Waals surface area (Å²) < 4.78 is 5.30. The van der Waals surface area contributed by atoms with Gasteiger partial charge in [-0.25, -0.2) is 0 Å². The van der Waals surface area contributed by atoms with Crippen molar-refractivity contribution < 1.29 is 24.2 Å². The first-order valence-corrected chi connectivity index (χ1v) is 9.28. The first kappa shape index (κ1) is 19.4. The normalized spacial score (nSPS) is 16.6. The Bertz CT molecular complexity index is 1110. The molecule has 1 unspecified atom stereocenters. The highest BCUT2D eigenvalue weighted by atomic mass is 16.5. The second-order valence-electron chi connectivity index (χ2n) is 6.97. The lowest BCUT2D eigenvalue weighted by Crippen LogP contribution is -2.24. The van der Waals surface area contributed by atoms with Crippen LogP contribution in [-0.4, -0.2) is 36.6 Å². The Kier molecular flexibility index (Phi) is 5.05. The number of nitrogens with one attached hydrogen (secondary N) is 1. The van der Waals surface area contributed by atoms with Crippen molar-refractivity contribution in [2.75, 3.05) is 17.3 Å². The van der Waals surface area contributed by atoms with Crippen LogP contribution < -0.4 is 15.0 Å². The lowest BCUT2D eigenvalue weighted by atomic mass is 9.90. The summed E-state index contributed by atoms with van der Waals surface area (Å²) in [5, 5.41) is 11.9. The van der Waals surface area contributed by atoms with E-state index in [1.165, 1.54) is 6.21 Å². The summed E-state index contributed by atoms with van der Waals surface area (Å²) in [5.41, 5.74) is 3.76. The van der Waals surface area contributed by atoms with Crippen molar-refractivity contribution in [2.24, 2.45) is 4.99 Å². The Hall–Kier alpha value is -3.94. The van der Waals surface area contributed by atoms with Gasteiger partial charge in [-0.1, -0.05) is 18.2 Å². The number of fused-ring (bicyclic) bond motifs is 3. The molecule has 152 valence electrons. The molecule has 0 radical (unpaired) electrons. The van der Waals surface area contributed by atoms with Crippen molar-refractivity contribution in [3.63, 3.8) is 0 Å². The predicted octanol–water partition coefficient (Wildman–Crippen LogP) is 2.49. The third-order valence-corrected chi connectivity index (χ3v) is 5.21. The molecular weight excluding hydrogens is 386 g/mol. The van der Waals surface area contributed by atoms with Gasteiger partial charge in [0.05, 0.1) is 37.0 Å². The maximum absolute atomic E-state index is 12.8. The summed E-state index contributed by atoms with van der Waals surface area (Å²) in [6, 6.07) is 11.0. The first-order chi connectivity index (χ1) is 14.5. The summed E-state index contributed by atoms with van der Waals surface area (Å²) >= 11 is 0. The fourth-order valence-corrected chi connectivity index (χ4v) is 3.99. The first-order valence-electron chi connectivity index (χ1n) is 9.28. The molecule has 4 rings (SSSR count). The van der Waals surface area contributed by atoms with E-state index >= 15 is 0 Å². The molecule has 8 heteroatoms. The minimum Gasteiger partial charge on any atom is -0.497 e. The van der Waals surface area contributed by atoms with Crippen molar-refractivity contribution in [3.05, 3.63) is 65.0 Å². The highest BCUT2D eigenvalue weighted by Crippen LogP contribution is 2.50. The number of nitrogens with zero attached hydrogens (tertiary/aromatic N) is 2. The Morgan fingerprint density at radius 1 is 1.33 bits per heavy atom. The molecule has 0 fully saturated rings. The molecule has 2 N–H and O–H groups in total. The van der Waals surface area contributed by atoms with Gasteiger partial charge in [-0.05, 0) is 29.3 Å². The molecule has 30 heavy (non-hydrogen) atoms. The van der Waals surface area contributed by atoms with Crippen molar-refractivity contribution in [1.29, 1.82) is 0 Å². The average Bonchev–Trinajstić information content (AvgIpc) is 3.05. The van der Waals surface area contributed by atoms with E-state index in [1.807, 2.05) is 29.2 Å². The lowest BCUT2D eigenvalue weighted by Gasteiger charge is -2.23. The van der Waals surface area contributed by atoms with Gasteiger partial charge in [-0.3, -0.25) is 19.4 Å². The molecule has 0 saturated carbocycles. The maximum atomic E-state index is 12.8. The Balaban J connectivity index is 1.85. The molecular formula is C22H19N3O5. The number of aliphatic carboxylic acids is 1. The van der Waals surface area contributed by atoms with E-state index in [4.69, 9.17) is 4.74 Å². The lowest BCUT2D eigenvalue weighted by molar-refractivity contribution is -0.136. The number of anilines is 2. The molecule has 0 spiro atoms. The van der Waals surface area contributed by atoms with Gasteiger partial charge < -0.3 is 20.1 Å². The summed E-state index contributed by atoms with van der Waals surface area (Å²) in [7, 11) is 1.60. The zero-order chi connectivity index (χ0) is 21.3. The Morgan fingerprint density at radius 2 is 2.17 bits per heavy atom. The van der Waals surface area contributed by atoms with Crippen LogP contribution in [0.15, 0.2) is 53.3 Å². The summed E-state index contributed by atoms with van der Waals surface area (Å²) in [5.74, 6) is -1.18. The number of carbonyl (C=O) groups excluding carboxylic acids is 2. The van der Waals surface area contributed by atoms with Crippen molar-refractivity contribution in [1.82, 2.24) is 0 Å². The zero-order valence-corrected chi connectivity index (χ0v) is 16.2. The van der Waals surface area contributed by atoms with Crippen LogP contribution >= 0.6 is 0 Å². The van der Waals surface area contributed by atoms with Gasteiger partial charge in [0.1, 0.15) is 5.75 Å². The molecule has 1 atom stereocenters. The number of carboxylic acid groups (broad SMARTS) is 1. The quantitative estimate of drug-likeness (QED) is 0.685. The zero-order valence-electron chi connectivity index (χ0n) is 16.2. The number of amides is 1. The van der Waals surface area contributed by atoms with Gasteiger partial charge in [-0.2, -0.15) is 0 Å². The Labute approximate surface area is 172 Å². The summed E-state index contributed by atoms with van der Waals surface area (Å²) in [6.45, 7) is 0.453. The van der Waals surface area contributed by atoms with Crippen LogP contribution in [0.5, 0.6) is 5.75 Å². The fourth-order valence-electron chi connectivity index (χ4n) is 3.99. The van der Waals surface area contributed by atoms with Crippen LogP contribution in [0.1, 0.15) is 22.6 Å². The van der Waals surface area contributed by atoms with E-state index in [1.54, 1.807) is 25.4 Å². The van der Waals surface area contributed by atoms with E-state index in [9.17, 15) is 19.5 Å². The molecule has 2 aromatic rings. The van der Waals surface area contributed by atoms with Crippen LogP contribution in [0, 0.1) is 0 Å². The summed E-state index contributed by atoms with van der Waals surface area (Å²) in [4.78, 5) is 41.4. The number of allylic oxidation sites excluding steroid dienone is 1. The number of rotatable bonds is 7. The van der Waals surface area contributed by atoms with Gasteiger partial charge in [0.15, 0.2) is 5.78 Å². The van der Waals surface area contributed by atoms with Gasteiger partial charge in [0, 0.05) is 24.0 Å². The molecule has 0 aromatic heterocycles. The van der Waals surface area contributed by atoms with Crippen LogP contribution in [0.3, 0.4) is 0 Å². The van der Waals surface area contributed by atoms with E-state index in [0.29, 0.717) is 35.5 Å². The van der Waals surface area contributed by atoms with E-state index in [0.717, 1.165) is 17.0 Å². The number of ether oxygens (including phenoxy) is 1. The number of benzene rings is 2. The number of methoxy groups -OCH3 is 1. The third kappa shape index (κ3) is 3.32. The number of ketones is 1. The third-order valence-electron chi connectivity index (χ3n) is 5.21. The SMILES string of the molecule is COc1cccc(CN2C3=CN=CC(=O)C3c3c2ccc(CC(=O)O)c3NC=O)c1. The number of carbonyl (C=O) groups is 3. The van der Waals surface area contributed by atoms with Crippen LogP contribution in [0.4, 0.5) is 11.4 Å². The van der Waals surface area contributed by atoms with Gasteiger partial charge in [-0.15, -0.1) is 0 Å². The smallest absolute Gasteiger partial charge is 0.307 e. The maximum Gasteiger partial charge on any atom is 0.307 e.